The second-order valence-electron chi connectivity index (χ2n) is 3.82. The van der Waals surface area contributed by atoms with Crippen molar-refractivity contribution in [1.29, 1.82) is 0 Å². The van der Waals surface area contributed by atoms with Crippen molar-refractivity contribution in [3.05, 3.63) is 23.3 Å². The molecular weight excluding hydrogens is 220 g/mol. The van der Waals surface area contributed by atoms with E-state index in [1.807, 2.05) is 19.1 Å². The minimum atomic E-state index is -0.774. The van der Waals surface area contributed by atoms with Gasteiger partial charge in [-0.3, -0.25) is 4.79 Å². The van der Waals surface area contributed by atoms with Crippen LogP contribution < -0.4 is 9.47 Å². The van der Waals surface area contributed by atoms with Crippen molar-refractivity contribution < 1.29 is 19.4 Å². The minimum Gasteiger partial charge on any atom is -0.496 e. The molecule has 17 heavy (non-hydrogen) atoms. The number of methoxy groups -OCH3 is 2. The number of carboxylic acids is 1. The van der Waals surface area contributed by atoms with Crippen molar-refractivity contribution in [2.24, 2.45) is 0 Å². The smallest absolute Gasteiger partial charge is 0.303 e. The Bertz CT molecular complexity index is 399. The second kappa shape index (κ2) is 6.13. The van der Waals surface area contributed by atoms with Gasteiger partial charge in [-0.2, -0.15) is 0 Å². The van der Waals surface area contributed by atoms with E-state index in [9.17, 15) is 4.79 Å². The van der Waals surface area contributed by atoms with Crippen LogP contribution in [0.3, 0.4) is 0 Å². The number of ether oxygens (including phenoxy) is 2. The van der Waals surface area contributed by atoms with Crippen LogP contribution in [0.1, 0.15) is 24.0 Å². The van der Waals surface area contributed by atoms with Crippen LogP contribution in [-0.4, -0.2) is 25.3 Å². The molecule has 4 heteroatoms. The van der Waals surface area contributed by atoms with Crippen molar-refractivity contribution in [2.75, 3.05) is 14.2 Å². The maximum absolute atomic E-state index is 10.5. The normalized spacial score (nSPS) is 10.1. The Balaban J connectivity index is 2.89. The highest BCUT2D eigenvalue weighted by molar-refractivity contribution is 5.66. The number of benzene rings is 1. The summed E-state index contributed by atoms with van der Waals surface area (Å²) in [6.45, 7) is 1.96. The number of rotatable bonds is 6. The largest absolute Gasteiger partial charge is 0.496 e. The van der Waals surface area contributed by atoms with Crippen LogP contribution in [0, 0.1) is 6.92 Å². The first-order valence-corrected chi connectivity index (χ1v) is 5.52. The highest BCUT2D eigenvalue weighted by Gasteiger charge is 2.11. The van der Waals surface area contributed by atoms with Crippen LogP contribution >= 0.6 is 0 Å². The predicted molar refractivity (Wildman–Crippen MR) is 64.9 cm³/mol. The lowest BCUT2D eigenvalue weighted by molar-refractivity contribution is -0.137. The molecule has 0 unspecified atom stereocenters. The summed E-state index contributed by atoms with van der Waals surface area (Å²) in [6.07, 6.45) is 1.44. The van der Waals surface area contributed by atoms with E-state index in [0.717, 1.165) is 22.6 Å². The van der Waals surface area contributed by atoms with Crippen LogP contribution in [0.15, 0.2) is 12.1 Å². The molecule has 4 nitrogen and oxygen atoms in total. The first kappa shape index (κ1) is 13.4. The van der Waals surface area contributed by atoms with Gasteiger partial charge in [-0.05, 0) is 37.5 Å². The third-order valence-electron chi connectivity index (χ3n) is 2.76. The number of carboxylic acid groups (broad SMARTS) is 1. The molecule has 1 aromatic carbocycles. The molecule has 94 valence electrons. The number of aliphatic carboxylic acids is 1. The number of hydrogen-bond acceptors (Lipinski definition) is 3. The van der Waals surface area contributed by atoms with Crippen molar-refractivity contribution in [3.8, 4) is 11.5 Å². The third kappa shape index (κ3) is 3.37. The van der Waals surface area contributed by atoms with Crippen LogP contribution in [0.2, 0.25) is 0 Å². The van der Waals surface area contributed by atoms with Gasteiger partial charge in [-0.15, -0.1) is 0 Å². The first-order valence-electron chi connectivity index (χ1n) is 5.52. The molecule has 0 aliphatic rings. The zero-order valence-corrected chi connectivity index (χ0v) is 10.4. The summed E-state index contributed by atoms with van der Waals surface area (Å²) in [5.41, 5.74) is 2.03. The molecule has 0 aromatic heterocycles. The maximum atomic E-state index is 10.5. The molecule has 0 radical (unpaired) electrons. The van der Waals surface area contributed by atoms with Crippen LogP contribution in [0.25, 0.3) is 0 Å². The summed E-state index contributed by atoms with van der Waals surface area (Å²) < 4.78 is 10.5. The molecule has 0 spiro atoms. The average molecular weight is 238 g/mol. The SMILES string of the molecule is COc1ccc(OC)c(CCCC(=O)O)c1C. The molecule has 0 saturated carbocycles. The van der Waals surface area contributed by atoms with Crippen molar-refractivity contribution in [1.82, 2.24) is 0 Å². The molecule has 0 aliphatic heterocycles. The Morgan fingerprint density at radius 3 is 2.35 bits per heavy atom. The fourth-order valence-corrected chi connectivity index (χ4v) is 1.85. The summed E-state index contributed by atoms with van der Waals surface area (Å²) in [4.78, 5) is 10.5. The topological polar surface area (TPSA) is 55.8 Å². The Kier molecular flexibility index (Phi) is 4.82. The quantitative estimate of drug-likeness (QED) is 0.827. The minimum absolute atomic E-state index is 0.166. The van der Waals surface area contributed by atoms with Crippen molar-refractivity contribution >= 4 is 5.97 Å². The number of hydrogen-bond donors (Lipinski definition) is 1. The van der Waals surface area contributed by atoms with E-state index in [4.69, 9.17) is 14.6 Å². The van der Waals surface area contributed by atoms with Gasteiger partial charge < -0.3 is 14.6 Å². The van der Waals surface area contributed by atoms with Crippen molar-refractivity contribution in [3.63, 3.8) is 0 Å². The third-order valence-corrected chi connectivity index (χ3v) is 2.76. The van der Waals surface area contributed by atoms with Gasteiger partial charge in [-0.1, -0.05) is 0 Å². The van der Waals surface area contributed by atoms with Crippen molar-refractivity contribution in [2.45, 2.75) is 26.2 Å². The lowest BCUT2D eigenvalue weighted by Crippen LogP contribution is -2.01. The molecule has 1 rings (SSSR count). The Morgan fingerprint density at radius 1 is 1.24 bits per heavy atom. The summed E-state index contributed by atoms with van der Waals surface area (Å²) >= 11 is 0. The zero-order chi connectivity index (χ0) is 12.8. The van der Waals surface area contributed by atoms with Crippen LogP contribution in [0.4, 0.5) is 0 Å². The molecule has 1 aromatic rings. The van der Waals surface area contributed by atoms with E-state index in [1.165, 1.54) is 0 Å². The summed E-state index contributed by atoms with van der Waals surface area (Å²) in [5.74, 6) is 0.814. The fourth-order valence-electron chi connectivity index (χ4n) is 1.85. The van der Waals surface area contributed by atoms with E-state index in [2.05, 4.69) is 0 Å². The Labute approximate surface area is 101 Å². The molecule has 0 atom stereocenters. The van der Waals surface area contributed by atoms with Gasteiger partial charge in [0, 0.05) is 12.0 Å². The van der Waals surface area contributed by atoms with Crippen LogP contribution in [0.5, 0.6) is 11.5 Å². The van der Waals surface area contributed by atoms with Gasteiger partial charge in [0.15, 0.2) is 0 Å². The van der Waals surface area contributed by atoms with Gasteiger partial charge in [0.05, 0.1) is 14.2 Å². The summed E-state index contributed by atoms with van der Waals surface area (Å²) in [6, 6.07) is 3.71. The highest BCUT2D eigenvalue weighted by atomic mass is 16.5. The van der Waals surface area contributed by atoms with Gasteiger partial charge >= 0.3 is 5.97 Å². The summed E-state index contributed by atoms with van der Waals surface area (Å²) in [5, 5.41) is 8.63. The van der Waals surface area contributed by atoms with Gasteiger partial charge in [-0.25, -0.2) is 0 Å². The lowest BCUT2D eigenvalue weighted by Gasteiger charge is -2.14. The molecule has 0 fully saturated rings. The monoisotopic (exact) mass is 238 g/mol. The first-order chi connectivity index (χ1) is 8.10. The molecule has 0 bridgehead atoms. The Morgan fingerprint density at radius 2 is 1.82 bits per heavy atom. The molecule has 1 N–H and O–H groups in total. The van der Waals surface area contributed by atoms with Crippen LogP contribution in [-0.2, 0) is 11.2 Å². The van der Waals surface area contributed by atoms with E-state index in [1.54, 1.807) is 14.2 Å². The fraction of sp³-hybridized carbons (Fsp3) is 0.462. The number of carbonyl (C=O) groups is 1. The van der Waals surface area contributed by atoms with E-state index >= 15 is 0 Å². The summed E-state index contributed by atoms with van der Waals surface area (Å²) in [7, 11) is 3.23. The molecule has 0 heterocycles. The Hall–Kier alpha value is -1.71. The second-order valence-corrected chi connectivity index (χ2v) is 3.82. The molecular formula is C13H18O4. The van der Waals surface area contributed by atoms with E-state index < -0.39 is 5.97 Å². The lowest BCUT2D eigenvalue weighted by atomic mass is 10.0. The van der Waals surface area contributed by atoms with E-state index in [-0.39, 0.29) is 6.42 Å². The molecule has 0 saturated heterocycles. The maximum Gasteiger partial charge on any atom is 0.303 e. The zero-order valence-electron chi connectivity index (χ0n) is 10.4. The van der Waals surface area contributed by atoms with Gasteiger partial charge in [0.25, 0.3) is 0 Å². The average Bonchev–Trinajstić information content (AvgIpc) is 2.30. The highest BCUT2D eigenvalue weighted by Crippen LogP contribution is 2.30. The van der Waals surface area contributed by atoms with Gasteiger partial charge in [0.2, 0.25) is 0 Å². The van der Waals surface area contributed by atoms with E-state index in [0.29, 0.717) is 12.8 Å². The molecule has 0 aliphatic carbocycles. The standard InChI is InChI=1S/C13H18O4/c1-9-10(5-4-6-13(14)15)12(17-3)8-7-11(9)16-2/h7-8H,4-6H2,1-3H3,(H,14,15). The predicted octanol–water partition coefficient (Wildman–Crippen LogP) is 2.42. The van der Waals surface area contributed by atoms with Gasteiger partial charge in [0.1, 0.15) is 11.5 Å². The molecule has 0 amide bonds.